The van der Waals surface area contributed by atoms with Crippen LogP contribution in [0.15, 0.2) is 65.6 Å². The lowest BCUT2D eigenvalue weighted by Crippen LogP contribution is -2.29. The number of carbonyl (C=O) groups is 1. The minimum absolute atomic E-state index is 0.396. The first-order valence-electron chi connectivity index (χ1n) is 5.84. The van der Waals surface area contributed by atoms with Crippen LogP contribution in [-0.2, 0) is 0 Å². The van der Waals surface area contributed by atoms with Gasteiger partial charge < -0.3 is 0 Å². The highest BCUT2D eigenvalue weighted by molar-refractivity contribution is 5.96. The van der Waals surface area contributed by atoms with Gasteiger partial charge >= 0.3 is 0 Å². The summed E-state index contributed by atoms with van der Waals surface area (Å²) >= 11 is 0. The van der Waals surface area contributed by atoms with Crippen molar-refractivity contribution in [3.63, 3.8) is 0 Å². The highest BCUT2D eigenvalue weighted by Crippen LogP contribution is 2.07. The lowest BCUT2D eigenvalue weighted by molar-refractivity contribution is 0.0939. The Hall–Kier alpha value is -2.75. The zero-order valence-electron chi connectivity index (χ0n) is 9.98. The number of fused-ring (bicyclic) bond motifs is 1. The Morgan fingerprint density at radius 2 is 1.63 bits per heavy atom. The highest BCUT2D eigenvalue weighted by Gasteiger charge is 2.12. The second-order valence-corrected chi connectivity index (χ2v) is 4.12. The zero-order chi connectivity index (χ0) is 13.2. The van der Waals surface area contributed by atoms with Gasteiger partial charge in [0.05, 0.1) is 11.6 Å². The molecule has 19 heavy (non-hydrogen) atoms. The number of hydrogen-bond acceptors (Lipinski definition) is 3. The molecule has 0 aliphatic rings. The van der Waals surface area contributed by atoms with Crippen molar-refractivity contribution >= 4 is 16.7 Å². The van der Waals surface area contributed by atoms with Crippen molar-refractivity contribution in [3.8, 4) is 0 Å². The lowest BCUT2D eigenvalue weighted by Gasteiger charge is -2.04. The minimum atomic E-state index is -0.420. The molecular weight excluding hydrogens is 240 g/mol. The van der Waals surface area contributed by atoms with Crippen molar-refractivity contribution in [1.29, 1.82) is 0 Å². The molecule has 0 aliphatic heterocycles. The van der Waals surface area contributed by atoms with Crippen LogP contribution in [0.5, 0.6) is 0 Å². The van der Waals surface area contributed by atoms with E-state index < -0.39 is 11.5 Å². The van der Waals surface area contributed by atoms with Gasteiger partial charge in [0.25, 0.3) is 11.5 Å². The molecule has 0 saturated carbocycles. The van der Waals surface area contributed by atoms with Crippen molar-refractivity contribution in [2.45, 2.75) is 0 Å². The summed E-state index contributed by atoms with van der Waals surface area (Å²) in [6.45, 7) is 0. The molecule has 0 atom stereocenters. The molecule has 1 aromatic heterocycles. The second kappa shape index (κ2) is 4.49. The van der Waals surface area contributed by atoms with E-state index in [1.54, 1.807) is 42.5 Å². The Labute approximate surface area is 108 Å². The van der Waals surface area contributed by atoms with E-state index in [0.717, 1.165) is 10.1 Å². The Morgan fingerprint density at radius 3 is 2.42 bits per heavy atom. The summed E-state index contributed by atoms with van der Waals surface area (Å²) in [6, 6.07) is 15.7. The molecule has 4 heteroatoms. The highest BCUT2D eigenvalue weighted by atomic mass is 16.2. The van der Waals surface area contributed by atoms with Crippen LogP contribution in [0.2, 0.25) is 0 Å². The quantitative estimate of drug-likeness (QED) is 0.664. The number of carbonyl (C=O) groups excluding carboxylic acids is 1. The molecule has 0 saturated heterocycles. The van der Waals surface area contributed by atoms with Crippen LogP contribution in [0.4, 0.5) is 0 Å². The van der Waals surface area contributed by atoms with E-state index in [4.69, 9.17) is 0 Å². The number of hydrogen-bond donors (Lipinski definition) is 0. The van der Waals surface area contributed by atoms with Crippen molar-refractivity contribution in [1.82, 2.24) is 9.78 Å². The van der Waals surface area contributed by atoms with Crippen LogP contribution in [0.3, 0.4) is 0 Å². The van der Waals surface area contributed by atoms with E-state index >= 15 is 0 Å². The maximum Gasteiger partial charge on any atom is 0.282 e. The zero-order valence-corrected chi connectivity index (χ0v) is 9.98. The van der Waals surface area contributed by atoms with E-state index in [1.807, 2.05) is 12.1 Å². The summed E-state index contributed by atoms with van der Waals surface area (Å²) in [7, 11) is 0. The van der Waals surface area contributed by atoms with Gasteiger partial charge in [-0.15, -0.1) is 0 Å². The van der Waals surface area contributed by atoms with Crippen molar-refractivity contribution in [3.05, 3.63) is 76.7 Å². The van der Waals surface area contributed by atoms with E-state index in [0.29, 0.717) is 10.9 Å². The lowest BCUT2D eigenvalue weighted by atomic mass is 10.2. The van der Waals surface area contributed by atoms with Crippen molar-refractivity contribution in [2.75, 3.05) is 0 Å². The molecule has 0 fully saturated rings. The summed E-state index contributed by atoms with van der Waals surface area (Å²) in [5, 5.41) is 5.15. The SMILES string of the molecule is O=C(c1ccccc1)n1ncc2ccccc2c1=O. The van der Waals surface area contributed by atoms with E-state index in [-0.39, 0.29) is 0 Å². The molecule has 3 rings (SSSR count). The van der Waals surface area contributed by atoms with Crippen molar-refractivity contribution < 1.29 is 4.79 Å². The summed E-state index contributed by atoms with van der Waals surface area (Å²) < 4.78 is 0.900. The molecule has 0 N–H and O–H groups in total. The van der Waals surface area contributed by atoms with Gasteiger partial charge in [-0.25, -0.2) is 0 Å². The predicted octanol–water partition coefficient (Wildman–Crippen LogP) is 2.08. The Bertz CT molecular complexity index is 807. The monoisotopic (exact) mass is 250 g/mol. The topological polar surface area (TPSA) is 52.0 Å². The molecule has 0 amide bonds. The first kappa shape index (κ1) is 11.3. The number of benzene rings is 2. The van der Waals surface area contributed by atoms with Crippen LogP contribution >= 0.6 is 0 Å². The predicted molar refractivity (Wildman–Crippen MR) is 72.2 cm³/mol. The van der Waals surface area contributed by atoms with E-state index in [9.17, 15) is 9.59 Å². The fourth-order valence-electron chi connectivity index (χ4n) is 1.94. The average Bonchev–Trinajstić information content (AvgIpc) is 2.48. The van der Waals surface area contributed by atoms with Crippen LogP contribution in [0, 0.1) is 0 Å². The van der Waals surface area contributed by atoms with Crippen LogP contribution < -0.4 is 5.56 Å². The molecule has 1 heterocycles. The summed E-state index contributed by atoms with van der Waals surface area (Å²) in [5.41, 5.74) is 0.0411. The molecule has 0 bridgehead atoms. The first-order chi connectivity index (χ1) is 9.27. The largest absolute Gasteiger partial charge is 0.282 e. The van der Waals surface area contributed by atoms with Gasteiger partial charge in [-0.1, -0.05) is 36.4 Å². The third kappa shape index (κ3) is 1.93. The molecule has 0 aliphatic carbocycles. The normalized spacial score (nSPS) is 10.5. The summed E-state index contributed by atoms with van der Waals surface area (Å²) in [5.74, 6) is -0.420. The standard InChI is InChI=1S/C15H10N2O2/c18-14(11-6-2-1-3-7-11)17-15(19)13-9-5-4-8-12(13)10-16-17/h1-10H. The molecule has 92 valence electrons. The van der Waals surface area contributed by atoms with E-state index in [1.165, 1.54) is 6.20 Å². The number of nitrogens with zero attached hydrogens (tertiary/aromatic N) is 2. The molecule has 3 aromatic rings. The molecule has 0 spiro atoms. The molecule has 0 radical (unpaired) electrons. The number of aromatic nitrogens is 2. The van der Waals surface area contributed by atoms with Gasteiger partial charge in [-0.3, -0.25) is 9.59 Å². The molecule has 2 aromatic carbocycles. The third-order valence-electron chi connectivity index (χ3n) is 2.91. The molecular formula is C15H10N2O2. The van der Waals surface area contributed by atoms with Crippen molar-refractivity contribution in [2.24, 2.45) is 0 Å². The molecule has 4 nitrogen and oxygen atoms in total. The fraction of sp³-hybridized carbons (Fsp3) is 0. The van der Waals surface area contributed by atoms with Crippen LogP contribution in [-0.4, -0.2) is 15.7 Å². The minimum Gasteiger partial charge on any atom is -0.267 e. The van der Waals surface area contributed by atoms with Gasteiger partial charge in [0.1, 0.15) is 0 Å². The van der Waals surface area contributed by atoms with Crippen LogP contribution in [0.25, 0.3) is 10.8 Å². The van der Waals surface area contributed by atoms with Gasteiger partial charge in [0.15, 0.2) is 0 Å². The maximum atomic E-state index is 12.2. The maximum absolute atomic E-state index is 12.2. The number of rotatable bonds is 1. The first-order valence-corrected chi connectivity index (χ1v) is 5.84. The summed E-state index contributed by atoms with van der Waals surface area (Å²) in [4.78, 5) is 24.4. The third-order valence-corrected chi connectivity index (χ3v) is 2.91. The molecule has 0 unspecified atom stereocenters. The van der Waals surface area contributed by atoms with Crippen LogP contribution in [0.1, 0.15) is 10.4 Å². The average molecular weight is 250 g/mol. The Kier molecular flexibility index (Phi) is 2.68. The van der Waals surface area contributed by atoms with Gasteiger partial charge in [0.2, 0.25) is 0 Å². The Balaban J connectivity index is 2.19. The Morgan fingerprint density at radius 1 is 0.947 bits per heavy atom. The smallest absolute Gasteiger partial charge is 0.267 e. The van der Waals surface area contributed by atoms with Gasteiger partial charge in [-0.2, -0.15) is 9.78 Å². The second-order valence-electron chi connectivity index (χ2n) is 4.12. The summed E-state index contributed by atoms with van der Waals surface area (Å²) in [6.07, 6.45) is 1.53. The van der Waals surface area contributed by atoms with E-state index in [2.05, 4.69) is 5.10 Å². The van der Waals surface area contributed by atoms with Gasteiger partial charge in [-0.05, 0) is 18.2 Å². The fourth-order valence-corrected chi connectivity index (χ4v) is 1.94. The van der Waals surface area contributed by atoms with Gasteiger partial charge in [0, 0.05) is 10.9 Å².